The molecule has 1 aliphatic rings. The summed E-state index contributed by atoms with van der Waals surface area (Å²) in [4.78, 5) is 12.7. The Labute approximate surface area is 162 Å². The van der Waals surface area contributed by atoms with E-state index in [0.29, 0.717) is 17.7 Å². The zero-order valence-electron chi connectivity index (χ0n) is 15.4. The summed E-state index contributed by atoms with van der Waals surface area (Å²) in [5.41, 5.74) is -0.0821. The lowest BCUT2D eigenvalue weighted by Crippen LogP contribution is -2.43. The summed E-state index contributed by atoms with van der Waals surface area (Å²) in [6.07, 6.45) is 0.713. The van der Waals surface area contributed by atoms with Crippen molar-refractivity contribution in [3.05, 3.63) is 53.6 Å². The Kier molecular flexibility index (Phi) is 5.66. The molecular formula is C19H20F2N2O4S. The maximum absolute atomic E-state index is 13.8. The molecule has 1 amide bonds. The largest absolute Gasteiger partial charge is 0.497 e. The first-order valence-corrected chi connectivity index (χ1v) is 10.1. The van der Waals surface area contributed by atoms with Gasteiger partial charge in [-0.15, -0.1) is 0 Å². The molecule has 1 aliphatic heterocycles. The van der Waals surface area contributed by atoms with Crippen LogP contribution in [0.25, 0.3) is 0 Å². The van der Waals surface area contributed by atoms with Gasteiger partial charge in [0.15, 0.2) is 0 Å². The van der Waals surface area contributed by atoms with Crippen LogP contribution in [0.1, 0.15) is 18.4 Å². The molecule has 1 atom stereocenters. The highest BCUT2D eigenvalue weighted by Crippen LogP contribution is 2.31. The highest BCUT2D eigenvalue weighted by atomic mass is 32.2. The number of aryl methyl sites for hydroxylation is 1. The van der Waals surface area contributed by atoms with E-state index in [1.165, 1.54) is 19.2 Å². The maximum atomic E-state index is 13.8. The number of ether oxygens (including phenoxy) is 1. The number of hydrogen-bond donors (Lipinski definition) is 1. The van der Waals surface area contributed by atoms with Crippen molar-refractivity contribution in [2.45, 2.75) is 30.7 Å². The number of hydrogen-bond acceptors (Lipinski definition) is 4. The van der Waals surface area contributed by atoms with Gasteiger partial charge in [0.25, 0.3) is 0 Å². The van der Waals surface area contributed by atoms with Crippen LogP contribution in [0.15, 0.2) is 41.3 Å². The molecule has 1 saturated heterocycles. The average Bonchev–Trinajstić information content (AvgIpc) is 3.16. The normalized spacial score (nSPS) is 17.5. The minimum Gasteiger partial charge on any atom is -0.497 e. The number of anilines is 1. The summed E-state index contributed by atoms with van der Waals surface area (Å²) in [7, 11) is -2.58. The van der Waals surface area contributed by atoms with Gasteiger partial charge in [-0.1, -0.05) is 12.1 Å². The number of para-hydroxylation sites is 1. The van der Waals surface area contributed by atoms with Crippen molar-refractivity contribution < 1.29 is 26.7 Å². The Hall–Kier alpha value is -2.52. The molecule has 150 valence electrons. The summed E-state index contributed by atoms with van der Waals surface area (Å²) < 4.78 is 60.2. The first-order chi connectivity index (χ1) is 13.3. The van der Waals surface area contributed by atoms with E-state index < -0.39 is 39.3 Å². The lowest BCUT2D eigenvalue weighted by Gasteiger charge is -2.24. The first kappa shape index (κ1) is 20.2. The van der Waals surface area contributed by atoms with E-state index in [1.807, 2.05) is 0 Å². The molecule has 1 unspecified atom stereocenters. The molecule has 1 fully saturated rings. The number of amides is 1. The van der Waals surface area contributed by atoms with Gasteiger partial charge < -0.3 is 10.1 Å². The molecule has 0 radical (unpaired) electrons. The monoisotopic (exact) mass is 410 g/mol. The van der Waals surface area contributed by atoms with Crippen LogP contribution >= 0.6 is 0 Å². The predicted molar refractivity (Wildman–Crippen MR) is 99.6 cm³/mol. The molecule has 0 bridgehead atoms. The van der Waals surface area contributed by atoms with Crippen molar-refractivity contribution in [3.8, 4) is 5.75 Å². The van der Waals surface area contributed by atoms with E-state index in [2.05, 4.69) is 5.32 Å². The van der Waals surface area contributed by atoms with Crippen LogP contribution in [0.2, 0.25) is 0 Å². The number of nitrogens with one attached hydrogen (secondary N) is 1. The number of carbonyl (C=O) groups excluding carboxylic acids is 1. The number of halogens is 2. The molecule has 6 nitrogen and oxygen atoms in total. The van der Waals surface area contributed by atoms with Gasteiger partial charge in [0.2, 0.25) is 15.9 Å². The quantitative estimate of drug-likeness (QED) is 0.822. The third kappa shape index (κ3) is 3.72. The number of sulfonamides is 1. The van der Waals surface area contributed by atoms with Gasteiger partial charge in [-0.25, -0.2) is 17.2 Å². The Morgan fingerprint density at radius 3 is 2.54 bits per heavy atom. The fourth-order valence-electron chi connectivity index (χ4n) is 3.23. The fraction of sp³-hybridized carbons (Fsp3) is 0.316. The zero-order chi connectivity index (χ0) is 20.5. The summed E-state index contributed by atoms with van der Waals surface area (Å²) in [6.45, 7) is 1.78. The minimum absolute atomic E-state index is 0.0311. The Morgan fingerprint density at radius 2 is 1.89 bits per heavy atom. The number of benzene rings is 2. The van der Waals surface area contributed by atoms with Gasteiger partial charge in [-0.05, 0) is 43.5 Å². The van der Waals surface area contributed by atoms with E-state index in [4.69, 9.17) is 4.74 Å². The van der Waals surface area contributed by atoms with Crippen molar-refractivity contribution in [3.63, 3.8) is 0 Å². The summed E-state index contributed by atoms with van der Waals surface area (Å²) in [6, 6.07) is 6.81. The smallest absolute Gasteiger partial charge is 0.244 e. The van der Waals surface area contributed by atoms with E-state index in [9.17, 15) is 22.0 Å². The molecule has 1 N–H and O–H groups in total. The molecule has 9 heteroatoms. The highest BCUT2D eigenvalue weighted by Gasteiger charge is 2.40. The molecule has 2 aromatic rings. The van der Waals surface area contributed by atoms with Crippen LogP contribution in [0, 0.1) is 18.6 Å². The molecule has 2 aromatic carbocycles. The van der Waals surface area contributed by atoms with E-state index >= 15 is 0 Å². The molecule has 0 aliphatic carbocycles. The molecule has 0 saturated carbocycles. The summed E-state index contributed by atoms with van der Waals surface area (Å²) in [5, 5.41) is 2.19. The van der Waals surface area contributed by atoms with Gasteiger partial charge in [0, 0.05) is 12.6 Å². The maximum Gasteiger partial charge on any atom is 0.244 e. The second-order valence-corrected chi connectivity index (χ2v) is 8.35. The number of nitrogens with zero attached hydrogens (tertiary/aromatic N) is 1. The Morgan fingerprint density at radius 1 is 1.21 bits per heavy atom. The molecule has 0 aromatic heterocycles. The molecule has 0 spiro atoms. The topological polar surface area (TPSA) is 75.7 Å². The van der Waals surface area contributed by atoms with Gasteiger partial charge >= 0.3 is 0 Å². The van der Waals surface area contributed by atoms with Crippen molar-refractivity contribution >= 4 is 21.6 Å². The van der Waals surface area contributed by atoms with Crippen LogP contribution in [0.5, 0.6) is 5.75 Å². The van der Waals surface area contributed by atoms with E-state index in [0.717, 1.165) is 16.4 Å². The first-order valence-electron chi connectivity index (χ1n) is 8.67. The summed E-state index contributed by atoms with van der Waals surface area (Å²) >= 11 is 0. The highest BCUT2D eigenvalue weighted by molar-refractivity contribution is 7.89. The van der Waals surface area contributed by atoms with E-state index in [-0.39, 0.29) is 17.9 Å². The van der Waals surface area contributed by atoms with Crippen LogP contribution in [-0.2, 0) is 14.8 Å². The number of carbonyl (C=O) groups is 1. The molecular weight excluding hydrogens is 390 g/mol. The number of rotatable bonds is 5. The lowest BCUT2D eigenvalue weighted by atomic mass is 10.2. The van der Waals surface area contributed by atoms with Crippen LogP contribution < -0.4 is 10.1 Å². The zero-order valence-corrected chi connectivity index (χ0v) is 16.2. The third-order valence-electron chi connectivity index (χ3n) is 4.70. The fourth-order valence-corrected chi connectivity index (χ4v) is 5.12. The number of methoxy groups -OCH3 is 1. The van der Waals surface area contributed by atoms with Crippen LogP contribution in [0.3, 0.4) is 0 Å². The molecule has 3 rings (SSSR count). The second-order valence-electron chi connectivity index (χ2n) is 6.49. The average molecular weight is 410 g/mol. The van der Waals surface area contributed by atoms with Crippen molar-refractivity contribution in [2.75, 3.05) is 19.0 Å². The second kappa shape index (κ2) is 7.84. The van der Waals surface area contributed by atoms with Crippen molar-refractivity contribution in [2.24, 2.45) is 0 Å². The van der Waals surface area contributed by atoms with Crippen LogP contribution in [0.4, 0.5) is 14.5 Å². The van der Waals surface area contributed by atoms with Crippen molar-refractivity contribution in [1.82, 2.24) is 4.31 Å². The van der Waals surface area contributed by atoms with E-state index in [1.54, 1.807) is 19.1 Å². The van der Waals surface area contributed by atoms with Crippen molar-refractivity contribution in [1.29, 1.82) is 0 Å². The Bertz CT molecular complexity index is 991. The lowest BCUT2D eigenvalue weighted by molar-refractivity contribution is -0.119. The van der Waals surface area contributed by atoms with Gasteiger partial charge in [0.1, 0.15) is 29.1 Å². The minimum atomic E-state index is -4.00. The SMILES string of the molecule is COc1ccc(C)c(S(=O)(=O)N2CCCC2C(=O)Nc2c(F)cccc2F)c1. The van der Waals surface area contributed by atoms with Gasteiger partial charge in [0.05, 0.1) is 12.0 Å². The third-order valence-corrected chi connectivity index (χ3v) is 6.75. The predicted octanol–water partition coefficient (Wildman–Crippen LogP) is 3.07. The van der Waals surface area contributed by atoms with Crippen LogP contribution in [-0.4, -0.2) is 38.3 Å². The standard InChI is InChI=1S/C19H20F2N2O4S/c1-12-8-9-13(27-2)11-17(12)28(25,26)23-10-4-7-16(23)19(24)22-18-14(20)5-3-6-15(18)21/h3,5-6,8-9,11,16H,4,7,10H2,1-2H3,(H,22,24). The van der Waals surface area contributed by atoms with Gasteiger partial charge in [-0.3, -0.25) is 4.79 Å². The Balaban J connectivity index is 1.91. The summed E-state index contributed by atoms with van der Waals surface area (Å²) in [5.74, 6) is -2.25. The molecule has 1 heterocycles. The molecule has 28 heavy (non-hydrogen) atoms. The van der Waals surface area contributed by atoms with Gasteiger partial charge in [-0.2, -0.15) is 4.31 Å².